The lowest BCUT2D eigenvalue weighted by atomic mass is 10.2. The SMILES string of the molecule is Cc1ccc(S(=O)(=O)O[C@H]2CO[C@H](C3SCCCS3)C2)cc1. The molecule has 2 atom stereocenters. The summed E-state index contributed by atoms with van der Waals surface area (Å²) in [5.41, 5.74) is 1.02. The van der Waals surface area contributed by atoms with Crippen LogP contribution in [0.15, 0.2) is 29.2 Å². The van der Waals surface area contributed by atoms with Crippen molar-refractivity contribution in [1.82, 2.24) is 0 Å². The van der Waals surface area contributed by atoms with E-state index in [1.807, 2.05) is 30.4 Å². The molecular weight excluding hydrogens is 340 g/mol. The van der Waals surface area contributed by atoms with Crippen LogP contribution in [0.25, 0.3) is 0 Å². The largest absolute Gasteiger partial charge is 0.373 e. The monoisotopic (exact) mass is 360 g/mol. The Balaban J connectivity index is 1.60. The third-order valence-electron chi connectivity index (χ3n) is 3.72. The number of rotatable bonds is 4. The first-order valence-corrected chi connectivity index (χ1v) is 10.9. The third-order valence-corrected chi connectivity index (χ3v) is 8.22. The molecule has 0 radical (unpaired) electrons. The number of aryl methyl sites for hydroxylation is 1. The van der Waals surface area contributed by atoms with Crippen LogP contribution >= 0.6 is 23.5 Å². The summed E-state index contributed by atoms with van der Waals surface area (Å²) in [4.78, 5) is 0.211. The molecule has 1 aromatic rings. The van der Waals surface area contributed by atoms with Crippen molar-refractivity contribution in [2.24, 2.45) is 0 Å². The fourth-order valence-electron chi connectivity index (χ4n) is 2.54. The molecule has 0 amide bonds. The zero-order valence-electron chi connectivity index (χ0n) is 12.4. The number of ether oxygens (including phenoxy) is 1. The molecule has 0 aromatic heterocycles. The normalized spacial score (nSPS) is 27.1. The van der Waals surface area contributed by atoms with Crippen LogP contribution in [0.2, 0.25) is 0 Å². The Bertz CT molecular complexity index is 594. The molecular formula is C15H20O4S3. The maximum atomic E-state index is 12.3. The Morgan fingerprint density at radius 3 is 2.55 bits per heavy atom. The van der Waals surface area contributed by atoms with Crippen LogP contribution in [0.5, 0.6) is 0 Å². The van der Waals surface area contributed by atoms with E-state index in [0.717, 1.165) is 17.1 Å². The minimum absolute atomic E-state index is 0.0912. The van der Waals surface area contributed by atoms with Crippen LogP contribution in [0, 0.1) is 6.92 Å². The minimum atomic E-state index is -3.71. The average Bonchev–Trinajstić information content (AvgIpc) is 2.96. The van der Waals surface area contributed by atoms with E-state index in [4.69, 9.17) is 8.92 Å². The first kappa shape index (κ1) is 16.6. The summed E-state index contributed by atoms with van der Waals surface area (Å²) in [6, 6.07) is 6.73. The maximum absolute atomic E-state index is 12.3. The zero-order valence-corrected chi connectivity index (χ0v) is 14.9. The van der Waals surface area contributed by atoms with Gasteiger partial charge in [-0.2, -0.15) is 8.42 Å². The molecule has 2 aliphatic heterocycles. The Hall–Kier alpha value is -0.210. The van der Waals surface area contributed by atoms with E-state index in [9.17, 15) is 8.42 Å². The van der Waals surface area contributed by atoms with Gasteiger partial charge in [-0.05, 0) is 37.0 Å². The molecule has 1 aromatic carbocycles. The highest BCUT2D eigenvalue weighted by Crippen LogP contribution is 2.38. The lowest BCUT2D eigenvalue weighted by molar-refractivity contribution is 0.104. The van der Waals surface area contributed by atoms with E-state index >= 15 is 0 Å². The molecule has 22 heavy (non-hydrogen) atoms. The van der Waals surface area contributed by atoms with Crippen LogP contribution in [0.3, 0.4) is 0 Å². The van der Waals surface area contributed by atoms with Gasteiger partial charge >= 0.3 is 0 Å². The van der Waals surface area contributed by atoms with Crippen molar-refractivity contribution in [2.45, 2.75) is 41.5 Å². The smallest absolute Gasteiger partial charge is 0.297 e. The van der Waals surface area contributed by atoms with Crippen molar-refractivity contribution < 1.29 is 17.3 Å². The quantitative estimate of drug-likeness (QED) is 0.769. The van der Waals surface area contributed by atoms with Crippen molar-refractivity contribution in [3.63, 3.8) is 0 Å². The van der Waals surface area contributed by atoms with Gasteiger partial charge in [0.1, 0.15) is 6.10 Å². The Kier molecular flexibility index (Phi) is 5.39. The molecule has 7 heteroatoms. The van der Waals surface area contributed by atoms with Gasteiger partial charge in [0.25, 0.3) is 10.1 Å². The van der Waals surface area contributed by atoms with Crippen molar-refractivity contribution in [2.75, 3.05) is 18.1 Å². The first-order valence-electron chi connectivity index (χ1n) is 7.39. The summed E-state index contributed by atoms with van der Waals surface area (Å²) in [5.74, 6) is 2.31. The second-order valence-electron chi connectivity index (χ2n) is 5.56. The van der Waals surface area contributed by atoms with Gasteiger partial charge in [-0.3, -0.25) is 4.18 Å². The van der Waals surface area contributed by atoms with Gasteiger partial charge < -0.3 is 4.74 Å². The highest BCUT2D eigenvalue weighted by atomic mass is 32.2. The Morgan fingerprint density at radius 2 is 1.86 bits per heavy atom. The fourth-order valence-corrected chi connectivity index (χ4v) is 6.66. The minimum Gasteiger partial charge on any atom is -0.373 e. The predicted molar refractivity (Wildman–Crippen MR) is 90.9 cm³/mol. The molecule has 2 fully saturated rings. The number of benzene rings is 1. The standard InChI is InChI=1S/C15H20O4S3/c1-11-3-5-13(6-4-11)22(16,17)19-12-9-14(18-10-12)15-20-7-2-8-21-15/h3-6,12,14-15H,2,7-10H2,1H3/t12-,14+/m1/s1. The molecule has 0 aliphatic carbocycles. The van der Waals surface area contributed by atoms with Gasteiger partial charge in [0.05, 0.1) is 22.2 Å². The van der Waals surface area contributed by atoms with E-state index in [0.29, 0.717) is 17.6 Å². The average molecular weight is 361 g/mol. The summed E-state index contributed by atoms with van der Waals surface area (Å²) < 4.78 is 36.1. The highest BCUT2D eigenvalue weighted by molar-refractivity contribution is 8.17. The van der Waals surface area contributed by atoms with Crippen LogP contribution in [0.1, 0.15) is 18.4 Å². The molecule has 2 aliphatic rings. The number of thioether (sulfide) groups is 2. The van der Waals surface area contributed by atoms with Gasteiger partial charge in [0, 0.05) is 6.42 Å². The van der Waals surface area contributed by atoms with Gasteiger partial charge in [-0.15, -0.1) is 23.5 Å². The summed E-state index contributed by atoms with van der Waals surface area (Å²) in [6.45, 7) is 2.28. The molecule has 2 heterocycles. The molecule has 0 bridgehead atoms. The molecule has 3 rings (SSSR count). The van der Waals surface area contributed by atoms with Crippen LogP contribution in [-0.2, 0) is 19.0 Å². The van der Waals surface area contributed by atoms with Gasteiger partial charge in [0.15, 0.2) is 0 Å². The lowest BCUT2D eigenvalue weighted by Crippen LogP contribution is -2.24. The van der Waals surface area contributed by atoms with Gasteiger partial charge in [0.2, 0.25) is 0 Å². The van der Waals surface area contributed by atoms with Crippen LogP contribution in [-0.4, -0.2) is 43.3 Å². The van der Waals surface area contributed by atoms with E-state index in [1.54, 1.807) is 24.3 Å². The summed E-state index contributed by atoms with van der Waals surface area (Å²) in [7, 11) is -3.71. The summed E-state index contributed by atoms with van der Waals surface area (Å²) >= 11 is 3.82. The molecule has 0 N–H and O–H groups in total. The Morgan fingerprint density at radius 1 is 1.18 bits per heavy atom. The second-order valence-corrected chi connectivity index (χ2v) is 9.93. The number of hydrogen-bond acceptors (Lipinski definition) is 6. The third kappa shape index (κ3) is 4.00. The zero-order chi connectivity index (χ0) is 15.6. The van der Waals surface area contributed by atoms with E-state index in [2.05, 4.69) is 0 Å². The topological polar surface area (TPSA) is 52.6 Å². The molecule has 4 nitrogen and oxygen atoms in total. The van der Waals surface area contributed by atoms with Gasteiger partial charge in [-0.1, -0.05) is 17.7 Å². The summed E-state index contributed by atoms with van der Waals surface area (Å²) in [5, 5.41) is 0. The molecule has 2 saturated heterocycles. The highest BCUT2D eigenvalue weighted by Gasteiger charge is 2.36. The first-order chi connectivity index (χ1) is 10.5. The molecule has 122 valence electrons. The van der Waals surface area contributed by atoms with E-state index in [1.165, 1.54) is 6.42 Å². The van der Waals surface area contributed by atoms with Crippen molar-refractivity contribution >= 4 is 33.6 Å². The maximum Gasteiger partial charge on any atom is 0.297 e. The fraction of sp³-hybridized carbons (Fsp3) is 0.600. The van der Waals surface area contributed by atoms with E-state index < -0.39 is 10.1 Å². The number of hydrogen-bond donors (Lipinski definition) is 0. The van der Waals surface area contributed by atoms with Gasteiger partial charge in [-0.25, -0.2) is 0 Å². The van der Waals surface area contributed by atoms with Crippen LogP contribution < -0.4 is 0 Å². The summed E-state index contributed by atoms with van der Waals surface area (Å²) in [6.07, 6.45) is 1.60. The predicted octanol–water partition coefficient (Wildman–Crippen LogP) is 3.05. The van der Waals surface area contributed by atoms with Crippen molar-refractivity contribution in [1.29, 1.82) is 0 Å². The van der Waals surface area contributed by atoms with Crippen molar-refractivity contribution in [3.05, 3.63) is 29.8 Å². The second kappa shape index (κ2) is 7.13. The van der Waals surface area contributed by atoms with Crippen LogP contribution in [0.4, 0.5) is 0 Å². The van der Waals surface area contributed by atoms with E-state index in [-0.39, 0.29) is 17.1 Å². The Labute approximate surface area is 140 Å². The lowest BCUT2D eigenvalue weighted by Gasteiger charge is -2.25. The molecule has 0 spiro atoms. The molecule has 0 unspecified atom stereocenters. The molecule has 0 saturated carbocycles. The van der Waals surface area contributed by atoms with Crippen molar-refractivity contribution in [3.8, 4) is 0 Å².